The number of hydrogen-bond acceptors (Lipinski definition) is 5. The zero-order valence-corrected chi connectivity index (χ0v) is 20.9. The number of aryl methyl sites for hydroxylation is 1. The van der Waals surface area contributed by atoms with Crippen LogP contribution in [0.2, 0.25) is 5.02 Å². The van der Waals surface area contributed by atoms with Gasteiger partial charge >= 0.3 is 6.09 Å². The van der Waals surface area contributed by atoms with Gasteiger partial charge in [0.25, 0.3) is 5.91 Å². The van der Waals surface area contributed by atoms with Crippen LogP contribution in [-0.4, -0.2) is 51.6 Å². The SMILES string of the molecule is CC(C)(C)OC(=O)NCc1ccc(Cl)cc1CCC(=O)[C@@H]1CCCN1C(=O)[C@]1(O)CC1(C)C. The molecule has 8 heteroatoms. The first kappa shape index (κ1) is 25.5. The maximum atomic E-state index is 13.1. The van der Waals surface area contributed by atoms with Gasteiger partial charge in [-0.15, -0.1) is 0 Å². The van der Waals surface area contributed by atoms with Gasteiger partial charge in [-0.3, -0.25) is 9.59 Å². The van der Waals surface area contributed by atoms with Crippen LogP contribution in [0.4, 0.5) is 4.79 Å². The van der Waals surface area contributed by atoms with Crippen molar-refractivity contribution < 1.29 is 24.2 Å². The van der Waals surface area contributed by atoms with Crippen LogP contribution < -0.4 is 5.32 Å². The third-order valence-electron chi connectivity index (χ3n) is 6.56. The Hall–Kier alpha value is -2.12. The number of ketones is 1. The summed E-state index contributed by atoms with van der Waals surface area (Å²) < 4.78 is 5.28. The molecule has 1 saturated carbocycles. The molecule has 1 aliphatic heterocycles. The van der Waals surface area contributed by atoms with Gasteiger partial charge in [0.05, 0.1) is 6.04 Å². The van der Waals surface area contributed by atoms with E-state index in [9.17, 15) is 19.5 Å². The maximum absolute atomic E-state index is 13.1. The topological polar surface area (TPSA) is 95.9 Å². The van der Waals surface area contributed by atoms with Gasteiger partial charge in [0.2, 0.25) is 0 Å². The number of nitrogens with zero attached hydrogens (tertiary/aromatic N) is 1. The molecule has 1 aromatic carbocycles. The zero-order valence-electron chi connectivity index (χ0n) is 20.2. The fraction of sp³-hybridized carbons (Fsp3) is 0.640. The van der Waals surface area contributed by atoms with E-state index in [0.717, 1.165) is 17.5 Å². The number of hydrogen-bond donors (Lipinski definition) is 2. The van der Waals surface area contributed by atoms with Gasteiger partial charge in [-0.25, -0.2) is 4.79 Å². The second-order valence-corrected chi connectivity index (χ2v) is 11.2. The summed E-state index contributed by atoms with van der Waals surface area (Å²) >= 11 is 6.18. The van der Waals surface area contributed by atoms with Crippen LogP contribution in [-0.2, 0) is 27.3 Å². The molecule has 7 nitrogen and oxygen atoms in total. The number of Topliss-reactive ketones (excluding diaryl/α,β-unsaturated/α-hetero) is 1. The van der Waals surface area contributed by atoms with E-state index in [-0.39, 0.29) is 24.7 Å². The Bertz CT molecular complexity index is 939. The van der Waals surface area contributed by atoms with Crippen molar-refractivity contribution in [3.05, 3.63) is 34.3 Å². The van der Waals surface area contributed by atoms with Crippen LogP contribution >= 0.6 is 11.6 Å². The summed E-state index contributed by atoms with van der Waals surface area (Å²) in [6.07, 6.45) is 1.97. The molecule has 33 heavy (non-hydrogen) atoms. The third-order valence-corrected chi connectivity index (χ3v) is 6.80. The van der Waals surface area contributed by atoms with Crippen LogP contribution in [0, 0.1) is 5.41 Å². The Morgan fingerprint density at radius 3 is 2.52 bits per heavy atom. The molecule has 0 aromatic heterocycles. The zero-order chi connectivity index (χ0) is 24.6. The number of ether oxygens (including phenoxy) is 1. The summed E-state index contributed by atoms with van der Waals surface area (Å²) in [4.78, 5) is 39.6. The second-order valence-electron chi connectivity index (χ2n) is 10.8. The van der Waals surface area contributed by atoms with Crippen molar-refractivity contribution in [2.24, 2.45) is 5.41 Å². The highest BCUT2D eigenvalue weighted by Crippen LogP contribution is 2.56. The predicted octanol–water partition coefficient (Wildman–Crippen LogP) is 4.02. The first-order chi connectivity index (χ1) is 15.2. The molecule has 1 saturated heterocycles. The van der Waals surface area contributed by atoms with Gasteiger partial charge in [0, 0.05) is 29.9 Å². The number of carbonyl (C=O) groups excluding carboxylic acids is 3. The van der Waals surface area contributed by atoms with Crippen LogP contribution in [0.3, 0.4) is 0 Å². The first-order valence-corrected chi connectivity index (χ1v) is 11.9. The number of nitrogens with one attached hydrogen (secondary N) is 1. The van der Waals surface area contributed by atoms with Crippen molar-refractivity contribution >= 4 is 29.4 Å². The largest absolute Gasteiger partial charge is 0.444 e. The minimum atomic E-state index is -1.36. The molecular formula is C25H35ClN2O5. The van der Waals surface area contributed by atoms with Gasteiger partial charge in [0.15, 0.2) is 5.78 Å². The molecule has 2 aliphatic rings. The van der Waals surface area contributed by atoms with Crippen LogP contribution in [0.25, 0.3) is 0 Å². The standard InChI is InChI=1S/C25H35ClN2O5/c1-23(2,3)33-22(31)27-14-17-8-10-18(26)13-16(17)9-11-20(29)19-7-6-12-28(19)21(30)25(32)15-24(25,4)5/h8,10,13,19,32H,6-7,9,11-12,14-15H2,1-5H3,(H,27,31)/t19-,25+/m0/s1. The number of aliphatic hydroxyl groups is 1. The third kappa shape index (κ3) is 5.87. The highest BCUT2D eigenvalue weighted by atomic mass is 35.5. The Balaban J connectivity index is 1.62. The van der Waals surface area contributed by atoms with E-state index in [4.69, 9.17) is 16.3 Å². The van der Waals surface area contributed by atoms with E-state index < -0.39 is 28.8 Å². The van der Waals surface area contributed by atoms with Gasteiger partial charge in [-0.1, -0.05) is 31.5 Å². The number of rotatable bonds is 7. The first-order valence-electron chi connectivity index (χ1n) is 11.5. The minimum absolute atomic E-state index is 0.0195. The van der Waals surface area contributed by atoms with E-state index in [1.807, 2.05) is 19.9 Å². The number of likely N-dealkylation sites (tertiary alicyclic amines) is 1. The summed E-state index contributed by atoms with van der Waals surface area (Å²) in [5.41, 5.74) is -0.677. The van der Waals surface area contributed by atoms with Crippen molar-refractivity contribution in [1.82, 2.24) is 10.2 Å². The molecule has 0 spiro atoms. The Labute approximate surface area is 200 Å². The summed E-state index contributed by atoms with van der Waals surface area (Å²) in [6, 6.07) is 4.87. The summed E-state index contributed by atoms with van der Waals surface area (Å²) in [7, 11) is 0. The minimum Gasteiger partial charge on any atom is -0.444 e. The molecular weight excluding hydrogens is 444 g/mol. The van der Waals surface area contributed by atoms with Gasteiger partial charge in [0.1, 0.15) is 11.2 Å². The molecule has 2 N–H and O–H groups in total. The van der Waals surface area contributed by atoms with Crippen LogP contribution in [0.5, 0.6) is 0 Å². The lowest BCUT2D eigenvalue weighted by atomic mass is 9.97. The van der Waals surface area contributed by atoms with Gasteiger partial charge in [-0.2, -0.15) is 0 Å². The molecule has 0 bridgehead atoms. The molecule has 2 fully saturated rings. The fourth-order valence-corrected chi connectivity index (χ4v) is 4.64. The van der Waals surface area contributed by atoms with Crippen molar-refractivity contribution in [3.8, 4) is 0 Å². The molecule has 1 aromatic rings. The molecule has 2 amide bonds. The highest BCUT2D eigenvalue weighted by Gasteiger charge is 2.67. The smallest absolute Gasteiger partial charge is 0.407 e. The Morgan fingerprint density at radius 2 is 1.91 bits per heavy atom. The lowest BCUT2D eigenvalue weighted by Gasteiger charge is -2.27. The maximum Gasteiger partial charge on any atom is 0.407 e. The number of amides is 2. The van der Waals surface area contributed by atoms with Crippen LogP contribution in [0.1, 0.15) is 71.4 Å². The summed E-state index contributed by atoms with van der Waals surface area (Å²) in [6.45, 7) is 9.87. The Kier molecular flexibility index (Phi) is 7.16. The molecule has 3 rings (SSSR count). The van der Waals surface area contributed by atoms with E-state index in [0.29, 0.717) is 30.8 Å². The molecule has 1 heterocycles. The fourth-order valence-electron chi connectivity index (χ4n) is 4.45. The normalized spacial score (nSPS) is 23.8. The van der Waals surface area contributed by atoms with Crippen molar-refractivity contribution in [2.45, 2.75) is 90.5 Å². The highest BCUT2D eigenvalue weighted by molar-refractivity contribution is 6.30. The van der Waals surface area contributed by atoms with Crippen molar-refractivity contribution in [2.75, 3.05) is 6.54 Å². The van der Waals surface area contributed by atoms with E-state index in [1.54, 1.807) is 37.8 Å². The average molecular weight is 479 g/mol. The summed E-state index contributed by atoms with van der Waals surface area (Å²) in [5.74, 6) is -0.345. The quantitative estimate of drug-likeness (QED) is 0.617. The lowest BCUT2D eigenvalue weighted by molar-refractivity contribution is -0.148. The van der Waals surface area contributed by atoms with Crippen molar-refractivity contribution in [1.29, 1.82) is 0 Å². The monoisotopic (exact) mass is 478 g/mol. The number of halogens is 1. The van der Waals surface area contributed by atoms with Crippen molar-refractivity contribution in [3.63, 3.8) is 0 Å². The second kappa shape index (κ2) is 9.26. The number of benzene rings is 1. The molecule has 0 radical (unpaired) electrons. The molecule has 0 unspecified atom stereocenters. The van der Waals surface area contributed by atoms with Gasteiger partial charge in [-0.05, 0) is 69.7 Å². The van der Waals surface area contributed by atoms with Gasteiger partial charge < -0.3 is 20.1 Å². The lowest BCUT2D eigenvalue weighted by Crippen LogP contribution is -2.48. The molecule has 182 valence electrons. The summed E-state index contributed by atoms with van der Waals surface area (Å²) in [5, 5.41) is 14.0. The molecule has 1 aliphatic carbocycles. The number of alkyl carbamates (subject to hydrolysis) is 1. The molecule has 2 atom stereocenters. The average Bonchev–Trinajstić information content (AvgIpc) is 3.05. The van der Waals surface area contributed by atoms with E-state index in [2.05, 4.69) is 5.32 Å². The van der Waals surface area contributed by atoms with E-state index in [1.165, 1.54) is 0 Å². The number of carbonyl (C=O) groups is 3. The van der Waals surface area contributed by atoms with E-state index >= 15 is 0 Å². The van der Waals surface area contributed by atoms with Crippen LogP contribution in [0.15, 0.2) is 18.2 Å². The predicted molar refractivity (Wildman–Crippen MR) is 126 cm³/mol. The Morgan fingerprint density at radius 1 is 1.24 bits per heavy atom.